The number of benzene rings is 1. The van der Waals surface area contributed by atoms with Crippen molar-refractivity contribution in [3.63, 3.8) is 0 Å². The van der Waals surface area contributed by atoms with Gasteiger partial charge in [0, 0.05) is 16.5 Å². The maximum absolute atomic E-state index is 12.8. The smallest absolute Gasteiger partial charge is 0.336 e. The van der Waals surface area contributed by atoms with Gasteiger partial charge in [-0.05, 0) is 43.0 Å². The number of amides is 3. The second-order valence-electron chi connectivity index (χ2n) is 6.80. The van der Waals surface area contributed by atoms with Crippen LogP contribution in [0.25, 0.3) is 11.0 Å². The highest BCUT2D eigenvalue weighted by atomic mass is 35.5. The molecule has 4 rings (SSSR count). The van der Waals surface area contributed by atoms with E-state index in [1.807, 2.05) is 6.92 Å². The van der Waals surface area contributed by atoms with Crippen LogP contribution >= 0.6 is 11.6 Å². The fraction of sp³-hybridized carbons (Fsp3) is 0.389. The Kier molecular flexibility index (Phi) is 3.61. The molecule has 130 valence electrons. The normalized spacial score (nSPS) is 19.2. The highest BCUT2D eigenvalue weighted by molar-refractivity contribution is 6.32. The van der Waals surface area contributed by atoms with Crippen molar-refractivity contribution in [2.45, 2.75) is 44.7 Å². The predicted octanol–water partition coefficient (Wildman–Crippen LogP) is 3.12. The van der Waals surface area contributed by atoms with Crippen LogP contribution in [0.15, 0.2) is 27.4 Å². The van der Waals surface area contributed by atoms with Crippen LogP contribution in [0, 0.1) is 6.92 Å². The summed E-state index contributed by atoms with van der Waals surface area (Å²) in [6.45, 7) is 1.84. The van der Waals surface area contributed by atoms with E-state index in [4.69, 9.17) is 16.0 Å². The van der Waals surface area contributed by atoms with Gasteiger partial charge in [-0.3, -0.25) is 9.69 Å². The molecule has 2 aromatic rings. The Bertz CT molecular complexity index is 959. The zero-order chi connectivity index (χ0) is 17.8. The summed E-state index contributed by atoms with van der Waals surface area (Å²) in [5.74, 6) is -0.213. The van der Waals surface area contributed by atoms with Crippen molar-refractivity contribution < 1.29 is 14.0 Å². The van der Waals surface area contributed by atoms with Gasteiger partial charge in [0.25, 0.3) is 5.91 Å². The lowest BCUT2D eigenvalue weighted by atomic mass is 9.98. The first-order chi connectivity index (χ1) is 11.9. The topological polar surface area (TPSA) is 79.6 Å². The lowest BCUT2D eigenvalue weighted by Crippen LogP contribution is -2.44. The van der Waals surface area contributed by atoms with Crippen molar-refractivity contribution in [1.82, 2.24) is 10.2 Å². The van der Waals surface area contributed by atoms with E-state index in [2.05, 4.69) is 5.32 Å². The summed E-state index contributed by atoms with van der Waals surface area (Å²) in [6.07, 6.45) is 3.17. The zero-order valence-electron chi connectivity index (χ0n) is 13.7. The number of carbonyl (C=O) groups excluding carboxylic acids is 2. The number of carbonyl (C=O) groups is 2. The first-order valence-corrected chi connectivity index (χ1v) is 8.64. The molecule has 7 heteroatoms. The van der Waals surface area contributed by atoms with Crippen molar-refractivity contribution in [2.24, 2.45) is 0 Å². The van der Waals surface area contributed by atoms with Crippen LogP contribution < -0.4 is 10.9 Å². The van der Waals surface area contributed by atoms with Gasteiger partial charge in [0.15, 0.2) is 0 Å². The molecule has 0 unspecified atom stereocenters. The van der Waals surface area contributed by atoms with Gasteiger partial charge in [0.05, 0.1) is 6.54 Å². The average Bonchev–Trinajstić information content (AvgIpc) is 3.10. The molecule has 1 aliphatic heterocycles. The molecule has 0 radical (unpaired) electrons. The molecule has 2 aliphatic rings. The molecule has 1 N–H and O–H groups in total. The van der Waals surface area contributed by atoms with Gasteiger partial charge < -0.3 is 9.73 Å². The quantitative estimate of drug-likeness (QED) is 0.659. The highest BCUT2D eigenvalue weighted by Crippen LogP contribution is 2.36. The Balaban J connectivity index is 1.76. The van der Waals surface area contributed by atoms with Gasteiger partial charge >= 0.3 is 11.7 Å². The van der Waals surface area contributed by atoms with E-state index in [1.165, 1.54) is 11.0 Å². The number of urea groups is 1. The van der Waals surface area contributed by atoms with Crippen molar-refractivity contribution in [3.8, 4) is 0 Å². The van der Waals surface area contributed by atoms with Gasteiger partial charge in [0.2, 0.25) is 0 Å². The van der Waals surface area contributed by atoms with E-state index in [-0.39, 0.29) is 12.5 Å². The molecule has 25 heavy (non-hydrogen) atoms. The molecular weight excluding hydrogens is 344 g/mol. The maximum Gasteiger partial charge on any atom is 0.336 e. The molecule has 1 aromatic carbocycles. The minimum absolute atomic E-state index is 0.0217. The lowest BCUT2D eigenvalue weighted by molar-refractivity contribution is -0.131. The fourth-order valence-electron chi connectivity index (χ4n) is 3.79. The molecule has 1 spiro atoms. The Morgan fingerprint density at radius 3 is 2.64 bits per heavy atom. The second-order valence-corrected chi connectivity index (χ2v) is 7.21. The average molecular weight is 361 g/mol. The Morgan fingerprint density at radius 1 is 1.20 bits per heavy atom. The molecule has 1 saturated carbocycles. The van der Waals surface area contributed by atoms with E-state index < -0.39 is 17.2 Å². The standard InChI is InChI=1S/C18H17ClN2O4/c1-10-6-14-12(8-13(10)19)11(7-15(22)25-14)9-21-16(23)18(20-17(21)24)4-2-3-5-18/h6-8H,2-5,9H2,1H3,(H,20,24). The number of imide groups is 1. The Labute approximate surface area is 148 Å². The summed E-state index contributed by atoms with van der Waals surface area (Å²) in [7, 11) is 0. The number of hydrogen-bond acceptors (Lipinski definition) is 4. The molecule has 1 saturated heterocycles. The zero-order valence-corrected chi connectivity index (χ0v) is 14.5. The fourth-order valence-corrected chi connectivity index (χ4v) is 3.95. The number of fused-ring (bicyclic) bond motifs is 1. The number of rotatable bonds is 2. The van der Waals surface area contributed by atoms with Crippen LogP contribution in [0.2, 0.25) is 5.02 Å². The summed E-state index contributed by atoms with van der Waals surface area (Å²) in [4.78, 5) is 38.2. The third-order valence-electron chi connectivity index (χ3n) is 5.14. The third kappa shape index (κ3) is 2.52. The van der Waals surface area contributed by atoms with Crippen LogP contribution in [-0.2, 0) is 11.3 Å². The predicted molar refractivity (Wildman–Crippen MR) is 92.5 cm³/mol. The van der Waals surface area contributed by atoms with Crippen LogP contribution in [-0.4, -0.2) is 22.4 Å². The minimum atomic E-state index is -0.763. The summed E-state index contributed by atoms with van der Waals surface area (Å²) in [6, 6.07) is 4.29. The molecule has 2 heterocycles. The lowest BCUT2D eigenvalue weighted by Gasteiger charge is -2.20. The summed E-state index contributed by atoms with van der Waals surface area (Å²) in [5.41, 5.74) is 0.445. The van der Waals surface area contributed by atoms with Crippen molar-refractivity contribution in [2.75, 3.05) is 0 Å². The van der Waals surface area contributed by atoms with E-state index in [9.17, 15) is 14.4 Å². The first kappa shape index (κ1) is 16.1. The monoisotopic (exact) mass is 360 g/mol. The van der Waals surface area contributed by atoms with Crippen molar-refractivity contribution in [3.05, 3.63) is 44.8 Å². The molecule has 0 atom stereocenters. The van der Waals surface area contributed by atoms with Gasteiger partial charge in [-0.15, -0.1) is 0 Å². The molecule has 1 aliphatic carbocycles. The molecule has 3 amide bonds. The van der Waals surface area contributed by atoms with Crippen LogP contribution in [0.3, 0.4) is 0 Å². The SMILES string of the molecule is Cc1cc2oc(=O)cc(CN3C(=O)NC4(CCCC4)C3=O)c2cc1Cl. The number of nitrogens with zero attached hydrogens (tertiary/aromatic N) is 1. The minimum Gasteiger partial charge on any atom is -0.423 e. The van der Waals surface area contributed by atoms with Crippen molar-refractivity contribution >= 4 is 34.5 Å². The van der Waals surface area contributed by atoms with Crippen LogP contribution in [0.1, 0.15) is 36.8 Å². The van der Waals surface area contributed by atoms with E-state index in [0.29, 0.717) is 34.4 Å². The van der Waals surface area contributed by atoms with Gasteiger partial charge in [-0.2, -0.15) is 0 Å². The Hall–Kier alpha value is -2.34. The van der Waals surface area contributed by atoms with Crippen molar-refractivity contribution in [1.29, 1.82) is 0 Å². The largest absolute Gasteiger partial charge is 0.423 e. The van der Waals surface area contributed by atoms with Crippen LogP contribution in [0.4, 0.5) is 4.79 Å². The summed E-state index contributed by atoms with van der Waals surface area (Å²) < 4.78 is 5.23. The van der Waals surface area contributed by atoms with E-state index >= 15 is 0 Å². The van der Waals surface area contributed by atoms with E-state index in [1.54, 1.807) is 12.1 Å². The number of aryl methyl sites for hydroxylation is 1. The summed E-state index contributed by atoms with van der Waals surface area (Å²) in [5, 5.41) is 4.00. The van der Waals surface area contributed by atoms with E-state index in [0.717, 1.165) is 18.4 Å². The number of hydrogen-bond donors (Lipinski definition) is 1. The molecule has 2 fully saturated rings. The molecule has 6 nitrogen and oxygen atoms in total. The first-order valence-electron chi connectivity index (χ1n) is 8.27. The highest BCUT2D eigenvalue weighted by Gasteiger charge is 2.52. The molecule has 1 aromatic heterocycles. The second kappa shape index (κ2) is 5.59. The van der Waals surface area contributed by atoms with Gasteiger partial charge in [0.1, 0.15) is 11.1 Å². The molecule has 0 bridgehead atoms. The van der Waals surface area contributed by atoms with Crippen LogP contribution in [0.5, 0.6) is 0 Å². The maximum atomic E-state index is 12.8. The molecular formula is C18H17ClN2O4. The Morgan fingerprint density at radius 2 is 1.92 bits per heavy atom. The third-order valence-corrected chi connectivity index (χ3v) is 5.55. The number of nitrogens with one attached hydrogen (secondary N) is 1. The summed E-state index contributed by atoms with van der Waals surface area (Å²) >= 11 is 6.19. The van der Waals surface area contributed by atoms with Gasteiger partial charge in [-0.25, -0.2) is 9.59 Å². The van der Waals surface area contributed by atoms with Gasteiger partial charge in [-0.1, -0.05) is 24.4 Å². The number of halogens is 1.